The van der Waals surface area contributed by atoms with Gasteiger partial charge in [-0.1, -0.05) is 6.58 Å². The molecule has 1 N–H and O–H groups in total. The molecule has 0 radical (unpaired) electrons. The van der Waals surface area contributed by atoms with Crippen molar-refractivity contribution in [2.24, 2.45) is 4.99 Å². The molecule has 0 rings (SSSR count). The van der Waals surface area contributed by atoms with Crippen molar-refractivity contribution in [2.45, 2.75) is 13.8 Å². The van der Waals surface area contributed by atoms with E-state index >= 15 is 0 Å². The molecule has 98 valence electrons. The maximum absolute atomic E-state index is 9.60. The molecule has 6 nitrogen and oxygen atoms in total. The van der Waals surface area contributed by atoms with Gasteiger partial charge in [0.25, 0.3) is 0 Å². The van der Waals surface area contributed by atoms with Gasteiger partial charge in [-0.15, -0.1) is 0 Å². The lowest BCUT2D eigenvalue weighted by molar-refractivity contribution is -0.132. The van der Waals surface area contributed by atoms with Crippen LogP contribution in [0.3, 0.4) is 0 Å². The number of aliphatic imine (C=N–C) groups is 1. The topological polar surface area (TPSA) is 85.2 Å². The molecule has 0 aromatic carbocycles. The number of carbonyl (C=O) groups excluding carboxylic acids is 1. The monoisotopic (exact) mass is 245 g/mol. The maximum atomic E-state index is 9.60. The van der Waals surface area contributed by atoms with E-state index in [0.29, 0.717) is 33.0 Å². The molecule has 0 amide bonds. The molecule has 0 aromatic heterocycles. The largest absolute Gasteiger partial charge is 0.478 e. The Balaban J connectivity index is 0. The van der Waals surface area contributed by atoms with E-state index in [4.69, 9.17) is 14.6 Å². The molecule has 0 fully saturated rings. The molecule has 0 unspecified atom stereocenters. The van der Waals surface area contributed by atoms with Gasteiger partial charge in [0.2, 0.25) is 6.08 Å². The third-order valence-corrected chi connectivity index (χ3v) is 1.35. The lowest BCUT2D eigenvalue weighted by atomic mass is 10.4. The summed E-state index contributed by atoms with van der Waals surface area (Å²) in [5.74, 6) is -0.935. The highest BCUT2D eigenvalue weighted by Crippen LogP contribution is 1.81. The highest BCUT2D eigenvalue weighted by atomic mass is 16.5. The number of aliphatic carboxylic acids is 1. The first-order valence-electron chi connectivity index (χ1n) is 5.14. The molecule has 0 aliphatic heterocycles. The molecule has 6 heteroatoms. The van der Waals surface area contributed by atoms with E-state index in [-0.39, 0.29) is 5.57 Å². The van der Waals surface area contributed by atoms with Crippen LogP contribution in [-0.4, -0.2) is 50.1 Å². The van der Waals surface area contributed by atoms with Crippen LogP contribution in [0, 0.1) is 0 Å². The fourth-order valence-corrected chi connectivity index (χ4v) is 0.520. The van der Waals surface area contributed by atoms with E-state index in [1.807, 2.05) is 6.92 Å². The minimum atomic E-state index is -0.935. The number of nitrogens with zero attached hydrogens (tertiary/aromatic N) is 1. The molecule has 0 saturated heterocycles. The number of ether oxygens (including phenoxy) is 2. The summed E-state index contributed by atoms with van der Waals surface area (Å²) in [6.07, 6.45) is 1.43. The highest BCUT2D eigenvalue weighted by molar-refractivity contribution is 5.84. The fourth-order valence-electron chi connectivity index (χ4n) is 0.520. The smallest absolute Gasteiger partial charge is 0.330 e. The zero-order valence-electron chi connectivity index (χ0n) is 10.3. The predicted molar refractivity (Wildman–Crippen MR) is 62.8 cm³/mol. The fraction of sp³-hybridized carbons (Fsp3) is 0.636. The van der Waals surface area contributed by atoms with Crippen LogP contribution in [0.15, 0.2) is 17.1 Å². The SMILES string of the molecule is C=C(C)C(=O)O.CCOCCOCCN=C=O. The molecule has 0 spiro atoms. The van der Waals surface area contributed by atoms with Gasteiger partial charge in [0.05, 0.1) is 26.4 Å². The second-order valence-electron chi connectivity index (χ2n) is 2.87. The van der Waals surface area contributed by atoms with Gasteiger partial charge >= 0.3 is 5.97 Å². The van der Waals surface area contributed by atoms with Crippen LogP contribution < -0.4 is 0 Å². The van der Waals surface area contributed by atoms with Crippen molar-refractivity contribution in [1.29, 1.82) is 0 Å². The van der Waals surface area contributed by atoms with E-state index in [2.05, 4.69) is 11.6 Å². The Morgan fingerprint density at radius 2 is 1.88 bits per heavy atom. The first-order valence-corrected chi connectivity index (χ1v) is 5.14. The second-order valence-corrected chi connectivity index (χ2v) is 2.87. The Kier molecular flexibility index (Phi) is 15.3. The average Bonchev–Trinajstić information content (AvgIpc) is 2.29. The molecule has 0 atom stereocenters. The van der Waals surface area contributed by atoms with Gasteiger partial charge < -0.3 is 14.6 Å². The van der Waals surface area contributed by atoms with E-state index < -0.39 is 5.97 Å². The highest BCUT2D eigenvalue weighted by Gasteiger charge is 1.90. The Morgan fingerprint density at radius 3 is 2.29 bits per heavy atom. The van der Waals surface area contributed by atoms with Crippen LogP contribution in [0.2, 0.25) is 0 Å². The van der Waals surface area contributed by atoms with Crippen LogP contribution >= 0.6 is 0 Å². The minimum absolute atomic E-state index is 0.176. The zero-order chi connectivity index (χ0) is 13.5. The third kappa shape index (κ3) is 20.6. The van der Waals surface area contributed by atoms with E-state index in [0.717, 1.165) is 0 Å². The predicted octanol–water partition coefficient (Wildman–Crippen LogP) is 1.02. The lowest BCUT2D eigenvalue weighted by Crippen LogP contribution is -2.06. The summed E-state index contributed by atoms with van der Waals surface area (Å²) < 4.78 is 10.0. The number of carbonyl (C=O) groups is 1. The number of carboxylic acid groups (broad SMARTS) is 1. The van der Waals surface area contributed by atoms with Gasteiger partial charge in [-0.2, -0.15) is 0 Å². The van der Waals surface area contributed by atoms with Crippen molar-refractivity contribution in [2.75, 3.05) is 33.0 Å². The van der Waals surface area contributed by atoms with Crippen molar-refractivity contribution in [3.05, 3.63) is 12.2 Å². The van der Waals surface area contributed by atoms with Gasteiger partial charge in [-0.3, -0.25) is 0 Å². The Bertz CT molecular complexity index is 247. The number of rotatable bonds is 8. The van der Waals surface area contributed by atoms with Gasteiger partial charge in [0.15, 0.2) is 0 Å². The standard InChI is InChI=1S/C7H13NO3.C4H6O2/c1-2-10-5-6-11-4-3-8-7-9;1-3(2)4(5)6/h2-6H2,1H3;1H2,2H3,(H,5,6). The maximum Gasteiger partial charge on any atom is 0.330 e. The first-order chi connectivity index (χ1) is 8.06. The number of hydrogen-bond donors (Lipinski definition) is 1. The minimum Gasteiger partial charge on any atom is -0.478 e. The molecule has 0 aromatic rings. The van der Waals surface area contributed by atoms with Crippen LogP contribution in [-0.2, 0) is 19.1 Å². The van der Waals surface area contributed by atoms with Crippen LogP contribution in [0.4, 0.5) is 0 Å². The summed E-state index contributed by atoms with van der Waals surface area (Å²) in [7, 11) is 0. The second kappa shape index (κ2) is 14.5. The summed E-state index contributed by atoms with van der Waals surface area (Å²) in [4.78, 5) is 22.5. The van der Waals surface area contributed by atoms with Crippen molar-refractivity contribution < 1.29 is 24.2 Å². The summed E-state index contributed by atoms with van der Waals surface area (Å²) in [6.45, 7) is 9.23. The molecule has 0 aliphatic rings. The third-order valence-electron chi connectivity index (χ3n) is 1.35. The van der Waals surface area contributed by atoms with Gasteiger partial charge in [0.1, 0.15) is 0 Å². The van der Waals surface area contributed by atoms with Crippen molar-refractivity contribution in [3.63, 3.8) is 0 Å². The summed E-state index contributed by atoms with van der Waals surface area (Å²) in [5, 5.41) is 7.89. The quantitative estimate of drug-likeness (QED) is 0.299. The number of carboxylic acids is 1. The summed E-state index contributed by atoms with van der Waals surface area (Å²) in [6, 6.07) is 0. The normalized spacial score (nSPS) is 8.59. The van der Waals surface area contributed by atoms with Gasteiger partial charge in [-0.25, -0.2) is 14.6 Å². The molecular weight excluding hydrogens is 226 g/mol. The van der Waals surface area contributed by atoms with Gasteiger partial charge in [-0.05, 0) is 13.8 Å². The first kappa shape index (κ1) is 17.9. The summed E-state index contributed by atoms with van der Waals surface area (Å²) >= 11 is 0. The molecule has 17 heavy (non-hydrogen) atoms. The molecule has 0 bridgehead atoms. The van der Waals surface area contributed by atoms with Crippen molar-refractivity contribution in [3.8, 4) is 0 Å². The Hall–Kier alpha value is -1.49. The zero-order valence-corrected chi connectivity index (χ0v) is 10.3. The molecular formula is C11H19NO5. The van der Waals surface area contributed by atoms with E-state index in [1.54, 1.807) is 0 Å². The van der Waals surface area contributed by atoms with E-state index in [1.165, 1.54) is 13.0 Å². The Morgan fingerprint density at radius 1 is 1.35 bits per heavy atom. The Labute approximate surface area is 101 Å². The number of isocyanates is 1. The summed E-state index contributed by atoms with van der Waals surface area (Å²) in [5.41, 5.74) is 0.176. The molecule has 0 heterocycles. The van der Waals surface area contributed by atoms with Gasteiger partial charge in [0, 0.05) is 12.2 Å². The van der Waals surface area contributed by atoms with E-state index in [9.17, 15) is 9.59 Å². The molecule has 0 saturated carbocycles. The van der Waals surface area contributed by atoms with Crippen LogP contribution in [0.25, 0.3) is 0 Å². The van der Waals surface area contributed by atoms with Crippen molar-refractivity contribution in [1.82, 2.24) is 0 Å². The van der Waals surface area contributed by atoms with Crippen molar-refractivity contribution >= 4 is 12.0 Å². The number of hydrogen-bond acceptors (Lipinski definition) is 5. The van der Waals surface area contributed by atoms with Crippen LogP contribution in [0.1, 0.15) is 13.8 Å². The lowest BCUT2D eigenvalue weighted by Gasteiger charge is -2.00. The van der Waals surface area contributed by atoms with Crippen LogP contribution in [0.5, 0.6) is 0 Å². The average molecular weight is 245 g/mol. The molecule has 0 aliphatic carbocycles.